The molecule has 0 aliphatic carbocycles. The summed E-state index contributed by atoms with van der Waals surface area (Å²) in [6.07, 6.45) is 1.58. The SMILES string of the molecule is O=c1cc(I)cnn1Cc1ccc(F)cc1Cl. The summed E-state index contributed by atoms with van der Waals surface area (Å²) in [7, 11) is 0. The first-order valence-electron chi connectivity index (χ1n) is 4.73. The molecule has 0 spiro atoms. The van der Waals surface area contributed by atoms with Crippen molar-refractivity contribution in [1.82, 2.24) is 9.78 Å². The first-order valence-corrected chi connectivity index (χ1v) is 6.18. The van der Waals surface area contributed by atoms with Crippen LogP contribution in [0.25, 0.3) is 0 Å². The highest BCUT2D eigenvalue weighted by atomic mass is 127. The third kappa shape index (κ3) is 3.04. The van der Waals surface area contributed by atoms with Gasteiger partial charge in [-0.3, -0.25) is 4.79 Å². The predicted molar refractivity (Wildman–Crippen MR) is 71.7 cm³/mol. The number of halogens is 3. The monoisotopic (exact) mass is 364 g/mol. The molecule has 0 unspecified atom stereocenters. The van der Waals surface area contributed by atoms with Gasteiger partial charge in [-0.1, -0.05) is 17.7 Å². The minimum Gasteiger partial charge on any atom is -0.268 e. The Morgan fingerprint density at radius 3 is 2.82 bits per heavy atom. The van der Waals surface area contributed by atoms with E-state index in [4.69, 9.17) is 11.6 Å². The maximum atomic E-state index is 12.8. The standard InChI is InChI=1S/C11H7ClFIN2O/c12-10-3-8(13)2-1-7(10)6-16-11(17)4-9(14)5-15-16/h1-5H,6H2. The molecule has 0 radical (unpaired) electrons. The second kappa shape index (κ2) is 5.14. The Labute approximate surface area is 115 Å². The minimum atomic E-state index is -0.401. The lowest BCUT2D eigenvalue weighted by atomic mass is 10.2. The molecule has 0 amide bonds. The second-order valence-electron chi connectivity index (χ2n) is 3.41. The molecule has 0 N–H and O–H groups in total. The molecular formula is C11H7ClFIN2O. The summed E-state index contributed by atoms with van der Waals surface area (Å²) >= 11 is 7.89. The van der Waals surface area contributed by atoms with Crippen molar-refractivity contribution in [1.29, 1.82) is 0 Å². The lowest BCUT2D eigenvalue weighted by molar-refractivity contribution is 0.618. The van der Waals surface area contributed by atoms with Crippen LogP contribution in [0.1, 0.15) is 5.56 Å². The van der Waals surface area contributed by atoms with Crippen LogP contribution in [0.15, 0.2) is 35.3 Å². The lowest BCUT2D eigenvalue weighted by Crippen LogP contribution is -2.22. The summed E-state index contributed by atoms with van der Waals surface area (Å²) < 4.78 is 14.9. The van der Waals surface area contributed by atoms with Crippen molar-refractivity contribution < 1.29 is 4.39 Å². The first kappa shape index (κ1) is 12.5. The number of nitrogens with zero attached hydrogens (tertiary/aromatic N) is 2. The third-order valence-electron chi connectivity index (χ3n) is 2.17. The fourth-order valence-corrected chi connectivity index (χ4v) is 1.96. The average molecular weight is 365 g/mol. The van der Waals surface area contributed by atoms with E-state index >= 15 is 0 Å². The van der Waals surface area contributed by atoms with E-state index in [-0.39, 0.29) is 17.1 Å². The highest BCUT2D eigenvalue weighted by Gasteiger charge is 2.05. The van der Waals surface area contributed by atoms with Crippen molar-refractivity contribution >= 4 is 34.2 Å². The Morgan fingerprint density at radius 1 is 1.41 bits per heavy atom. The van der Waals surface area contributed by atoms with Crippen LogP contribution in [0.5, 0.6) is 0 Å². The van der Waals surface area contributed by atoms with Crippen LogP contribution < -0.4 is 5.56 Å². The normalized spacial score (nSPS) is 10.5. The smallest absolute Gasteiger partial charge is 0.268 e. The molecule has 17 heavy (non-hydrogen) atoms. The molecule has 2 aromatic rings. The summed E-state index contributed by atoms with van der Waals surface area (Å²) in [5, 5.41) is 4.27. The van der Waals surface area contributed by atoms with E-state index in [0.717, 1.165) is 3.57 Å². The largest absolute Gasteiger partial charge is 0.268 e. The van der Waals surface area contributed by atoms with E-state index in [1.165, 1.54) is 22.9 Å². The van der Waals surface area contributed by atoms with Crippen LogP contribution in [-0.2, 0) is 6.54 Å². The van der Waals surface area contributed by atoms with Crippen molar-refractivity contribution in [2.75, 3.05) is 0 Å². The maximum Gasteiger partial charge on any atom is 0.268 e. The molecule has 1 heterocycles. The minimum absolute atomic E-state index is 0.211. The van der Waals surface area contributed by atoms with Gasteiger partial charge in [0.1, 0.15) is 5.82 Å². The highest BCUT2D eigenvalue weighted by molar-refractivity contribution is 14.1. The summed E-state index contributed by atoms with van der Waals surface area (Å²) in [6.45, 7) is 0.231. The highest BCUT2D eigenvalue weighted by Crippen LogP contribution is 2.17. The average Bonchev–Trinajstić information content (AvgIpc) is 2.25. The number of rotatable bonds is 2. The zero-order valence-electron chi connectivity index (χ0n) is 8.53. The van der Waals surface area contributed by atoms with Gasteiger partial charge in [0.05, 0.1) is 12.7 Å². The Hall–Kier alpha value is -0.950. The molecule has 0 aliphatic heterocycles. The molecule has 0 aliphatic rings. The van der Waals surface area contributed by atoms with E-state index in [1.54, 1.807) is 12.3 Å². The molecule has 1 aromatic carbocycles. The molecule has 0 atom stereocenters. The maximum absolute atomic E-state index is 12.8. The Morgan fingerprint density at radius 2 is 2.18 bits per heavy atom. The van der Waals surface area contributed by atoms with Gasteiger partial charge in [-0.15, -0.1) is 0 Å². The van der Waals surface area contributed by atoms with E-state index in [2.05, 4.69) is 5.10 Å². The fraction of sp³-hybridized carbons (Fsp3) is 0.0909. The fourth-order valence-electron chi connectivity index (χ4n) is 1.34. The van der Waals surface area contributed by atoms with Gasteiger partial charge in [0.25, 0.3) is 5.56 Å². The lowest BCUT2D eigenvalue weighted by Gasteiger charge is -2.06. The zero-order chi connectivity index (χ0) is 12.4. The van der Waals surface area contributed by atoms with Crippen molar-refractivity contribution in [2.45, 2.75) is 6.54 Å². The van der Waals surface area contributed by atoms with E-state index in [9.17, 15) is 9.18 Å². The van der Waals surface area contributed by atoms with Gasteiger partial charge < -0.3 is 0 Å². The molecule has 0 saturated carbocycles. The van der Waals surface area contributed by atoms with Gasteiger partial charge in [0, 0.05) is 14.7 Å². The van der Waals surface area contributed by atoms with Crippen LogP contribution in [0.3, 0.4) is 0 Å². The molecule has 0 fully saturated rings. The van der Waals surface area contributed by atoms with Crippen molar-refractivity contribution in [3.05, 3.63) is 60.8 Å². The molecule has 0 saturated heterocycles. The van der Waals surface area contributed by atoms with E-state index < -0.39 is 5.82 Å². The molecule has 0 bridgehead atoms. The topological polar surface area (TPSA) is 34.9 Å². The molecular weight excluding hydrogens is 357 g/mol. The van der Waals surface area contributed by atoms with Crippen LogP contribution >= 0.6 is 34.2 Å². The molecule has 3 nitrogen and oxygen atoms in total. The van der Waals surface area contributed by atoms with Gasteiger partial charge in [0.2, 0.25) is 0 Å². The van der Waals surface area contributed by atoms with Gasteiger partial charge in [-0.25, -0.2) is 9.07 Å². The summed E-state index contributed by atoms with van der Waals surface area (Å²) in [6, 6.07) is 5.54. The summed E-state index contributed by atoms with van der Waals surface area (Å²) in [5.74, 6) is -0.401. The molecule has 1 aromatic heterocycles. The first-order chi connectivity index (χ1) is 8.06. The third-order valence-corrected chi connectivity index (χ3v) is 3.11. The van der Waals surface area contributed by atoms with E-state index in [0.29, 0.717) is 5.56 Å². The van der Waals surface area contributed by atoms with Crippen molar-refractivity contribution in [3.63, 3.8) is 0 Å². The Bertz CT molecular complexity index is 615. The Kier molecular flexibility index (Phi) is 3.78. The van der Waals surface area contributed by atoms with Crippen molar-refractivity contribution in [2.24, 2.45) is 0 Å². The van der Waals surface area contributed by atoms with Crippen LogP contribution in [0, 0.1) is 9.39 Å². The quantitative estimate of drug-likeness (QED) is 0.768. The number of aromatic nitrogens is 2. The van der Waals surface area contributed by atoms with Crippen molar-refractivity contribution in [3.8, 4) is 0 Å². The predicted octanol–water partition coefficient (Wildman–Crippen LogP) is 2.69. The summed E-state index contributed by atoms with van der Waals surface area (Å²) in [5.41, 5.74) is 0.446. The molecule has 6 heteroatoms. The van der Waals surface area contributed by atoms with E-state index in [1.807, 2.05) is 22.6 Å². The van der Waals surface area contributed by atoms with Gasteiger partial charge in [-0.2, -0.15) is 5.10 Å². The van der Waals surface area contributed by atoms with Gasteiger partial charge in [0.15, 0.2) is 0 Å². The van der Waals surface area contributed by atoms with Crippen LogP contribution in [0.4, 0.5) is 4.39 Å². The van der Waals surface area contributed by atoms with Gasteiger partial charge in [-0.05, 0) is 40.3 Å². The number of hydrogen-bond acceptors (Lipinski definition) is 2. The van der Waals surface area contributed by atoms with Crippen LogP contribution in [-0.4, -0.2) is 9.78 Å². The Balaban J connectivity index is 2.35. The number of benzene rings is 1. The van der Waals surface area contributed by atoms with Crippen LogP contribution in [0.2, 0.25) is 5.02 Å². The second-order valence-corrected chi connectivity index (χ2v) is 5.06. The number of hydrogen-bond donors (Lipinski definition) is 0. The zero-order valence-corrected chi connectivity index (χ0v) is 11.4. The molecule has 88 valence electrons. The summed E-state index contributed by atoms with van der Waals surface area (Å²) in [4.78, 5) is 11.6. The van der Waals surface area contributed by atoms with Gasteiger partial charge >= 0.3 is 0 Å². The molecule has 2 rings (SSSR count).